The van der Waals surface area contributed by atoms with Crippen molar-refractivity contribution in [3.8, 4) is 22.8 Å². The topological polar surface area (TPSA) is 38.2 Å². The monoisotopic (exact) mass is 608 g/mol. The summed E-state index contributed by atoms with van der Waals surface area (Å²) in [5.41, 5.74) is 3.86. The van der Waals surface area contributed by atoms with Crippen LogP contribution in [0.3, 0.4) is 0 Å². The van der Waals surface area contributed by atoms with Crippen molar-refractivity contribution in [3.05, 3.63) is 128 Å². The van der Waals surface area contributed by atoms with Gasteiger partial charge in [-0.1, -0.05) is 30.3 Å². The van der Waals surface area contributed by atoms with Crippen LogP contribution in [0, 0.1) is 12.1 Å². The summed E-state index contributed by atoms with van der Waals surface area (Å²) >= 11 is 0. The van der Waals surface area contributed by atoms with Crippen molar-refractivity contribution in [3.63, 3.8) is 0 Å². The number of benzene rings is 3. The molecule has 0 saturated carbocycles. The SMILES string of the molecule is [Pt+2].[c-]1cccc2c1N(c1ccccn1)c1ccccc1O2.[c-]1ccccc1-c1ccccn1. The number of aromatic nitrogens is 2. The molecule has 4 nitrogen and oxygen atoms in total. The van der Waals surface area contributed by atoms with Crippen LogP contribution in [0.25, 0.3) is 11.3 Å². The van der Waals surface area contributed by atoms with Gasteiger partial charge in [-0.2, -0.15) is 18.2 Å². The van der Waals surface area contributed by atoms with Crippen molar-refractivity contribution in [2.75, 3.05) is 4.90 Å². The Morgan fingerprint density at radius 3 is 2.12 bits per heavy atom. The van der Waals surface area contributed by atoms with Gasteiger partial charge in [-0.3, -0.25) is 0 Å². The van der Waals surface area contributed by atoms with E-state index in [0.29, 0.717) is 0 Å². The van der Waals surface area contributed by atoms with Gasteiger partial charge >= 0.3 is 21.1 Å². The molecule has 1 aliphatic rings. The first-order chi connectivity index (χ1) is 15.9. The molecule has 0 N–H and O–H groups in total. The van der Waals surface area contributed by atoms with Crippen molar-refractivity contribution in [1.29, 1.82) is 0 Å². The molecule has 0 fully saturated rings. The smallest absolute Gasteiger partial charge is 0.513 e. The number of fused-ring (bicyclic) bond motifs is 2. The second-order valence-electron chi connectivity index (χ2n) is 6.97. The Hall–Kier alpha value is -3.75. The maximum Gasteiger partial charge on any atom is 2.00 e. The van der Waals surface area contributed by atoms with Gasteiger partial charge in [0.15, 0.2) is 0 Å². The van der Waals surface area contributed by atoms with E-state index < -0.39 is 0 Å². The number of hydrogen-bond donors (Lipinski definition) is 0. The zero-order valence-electron chi connectivity index (χ0n) is 17.5. The van der Waals surface area contributed by atoms with Crippen LogP contribution in [0.5, 0.6) is 11.5 Å². The number of ether oxygens (including phenoxy) is 1. The average molecular weight is 609 g/mol. The number of para-hydroxylation sites is 3. The van der Waals surface area contributed by atoms with Crippen molar-refractivity contribution in [2.24, 2.45) is 0 Å². The summed E-state index contributed by atoms with van der Waals surface area (Å²) in [5.74, 6) is 2.47. The van der Waals surface area contributed by atoms with E-state index in [9.17, 15) is 0 Å². The molecule has 3 heterocycles. The summed E-state index contributed by atoms with van der Waals surface area (Å²) in [5, 5.41) is 0. The largest absolute Gasteiger partial charge is 2.00 e. The number of hydrogen-bond acceptors (Lipinski definition) is 4. The van der Waals surface area contributed by atoms with Crippen LogP contribution in [0.1, 0.15) is 0 Å². The van der Waals surface area contributed by atoms with Gasteiger partial charge in [-0.25, -0.2) is 4.98 Å². The zero-order chi connectivity index (χ0) is 21.6. The van der Waals surface area contributed by atoms with Crippen molar-refractivity contribution in [2.45, 2.75) is 0 Å². The van der Waals surface area contributed by atoms with Crippen molar-refractivity contribution >= 4 is 17.2 Å². The molecule has 162 valence electrons. The van der Waals surface area contributed by atoms with Crippen LogP contribution in [0.15, 0.2) is 116 Å². The van der Waals surface area contributed by atoms with Crippen LogP contribution in [-0.2, 0) is 21.1 Å². The minimum absolute atomic E-state index is 0. The minimum atomic E-state index is 0. The van der Waals surface area contributed by atoms with Crippen LogP contribution in [-0.4, -0.2) is 9.97 Å². The molecule has 6 rings (SSSR count). The number of nitrogens with zero attached hydrogens (tertiary/aromatic N) is 3. The van der Waals surface area contributed by atoms with E-state index in [4.69, 9.17) is 4.74 Å². The molecular formula is C28H19N3OPt. The molecule has 0 radical (unpaired) electrons. The van der Waals surface area contributed by atoms with Crippen LogP contribution in [0.2, 0.25) is 0 Å². The summed E-state index contributed by atoms with van der Waals surface area (Å²) in [6.45, 7) is 0. The molecule has 0 spiro atoms. The summed E-state index contributed by atoms with van der Waals surface area (Å²) < 4.78 is 5.93. The van der Waals surface area contributed by atoms with E-state index in [2.05, 4.69) is 27.0 Å². The molecule has 3 aromatic carbocycles. The normalized spacial score (nSPS) is 11.0. The van der Waals surface area contributed by atoms with E-state index in [1.165, 1.54) is 0 Å². The van der Waals surface area contributed by atoms with Crippen LogP contribution < -0.4 is 9.64 Å². The van der Waals surface area contributed by atoms with E-state index in [0.717, 1.165) is 39.9 Å². The summed E-state index contributed by atoms with van der Waals surface area (Å²) in [7, 11) is 0. The van der Waals surface area contributed by atoms with Gasteiger partial charge in [0.25, 0.3) is 0 Å². The Kier molecular flexibility index (Phi) is 7.29. The number of pyridine rings is 2. The van der Waals surface area contributed by atoms with Crippen molar-refractivity contribution in [1.82, 2.24) is 9.97 Å². The molecule has 5 heteroatoms. The fourth-order valence-corrected chi connectivity index (χ4v) is 3.44. The Balaban J connectivity index is 0.000000172. The molecule has 0 amide bonds. The van der Waals surface area contributed by atoms with Gasteiger partial charge in [-0.15, -0.1) is 42.0 Å². The first kappa shape index (κ1) is 22.4. The van der Waals surface area contributed by atoms with Gasteiger partial charge in [0.05, 0.1) is 5.69 Å². The summed E-state index contributed by atoms with van der Waals surface area (Å²) in [6.07, 6.45) is 3.58. The summed E-state index contributed by atoms with van der Waals surface area (Å²) in [4.78, 5) is 10.7. The van der Waals surface area contributed by atoms with E-state index >= 15 is 0 Å². The molecular weight excluding hydrogens is 589 g/mol. The van der Waals surface area contributed by atoms with Crippen molar-refractivity contribution < 1.29 is 25.8 Å². The number of rotatable bonds is 2. The standard InChI is InChI=1S/C17H11N2O.C11H8N.Pt/c1-3-9-15-13(7-1)19(17-11-5-6-12-18-17)14-8-2-4-10-16(14)20-15;1-2-6-10(7-3-1)11-8-4-5-9-12-11;/h1-7,9-12H;1-6,8-9H;/q2*-1;+2. The van der Waals surface area contributed by atoms with Gasteiger partial charge in [0.1, 0.15) is 11.6 Å². The predicted molar refractivity (Wildman–Crippen MR) is 126 cm³/mol. The molecule has 0 unspecified atom stereocenters. The second-order valence-corrected chi connectivity index (χ2v) is 6.97. The Morgan fingerprint density at radius 2 is 1.36 bits per heavy atom. The molecule has 0 bridgehead atoms. The maximum atomic E-state index is 5.93. The molecule has 2 aromatic heterocycles. The molecule has 0 atom stereocenters. The van der Waals surface area contributed by atoms with Crippen LogP contribution >= 0.6 is 0 Å². The van der Waals surface area contributed by atoms with E-state index in [1.54, 1.807) is 12.4 Å². The van der Waals surface area contributed by atoms with Gasteiger partial charge < -0.3 is 14.6 Å². The molecule has 0 saturated heterocycles. The van der Waals surface area contributed by atoms with Gasteiger partial charge in [0, 0.05) is 18.1 Å². The van der Waals surface area contributed by atoms with E-state index in [-0.39, 0.29) is 21.1 Å². The molecule has 33 heavy (non-hydrogen) atoms. The first-order valence-electron chi connectivity index (χ1n) is 10.3. The molecule has 0 aliphatic carbocycles. The minimum Gasteiger partial charge on any atom is -0.513 e. The second kappa shape index (κ2) is 10.7. The third-order valence-corrected chi connectivity index (χ3v) is 4.88. The maximum absolute atomic E-state index is 5.93. The number of anilines is 3. The first-order valence-corrected chi connectivity index (χ1v) is 10.3. The third kappa shape index (κ3) is 5.02. The quantitative estimate of drug-likeness (QED) is 0.199. The Labute approximate surface area is 207 Å². The predicted octanol–water partition coefficient (Wildman–Crippen LogP) is 7.00. The van der Waals surface area contributed by atoms with Gasteiger partial charge in [-0.05, 0) is 41.7 Å². The molecule has 5 aromatic rings. The Bertz CT molecular complexity index is 1220. The average Bonchev–Trinajstić information content (AvgIpc) is 2.89. The fraction of sp³-hybridized carbons (Fsp3) is 0. The Morgan fingerprint density at radius 1 is 0.636 bits per heavy atom. The molecule has 1 aliphatic heterocycles. The fourth-order valence-electron chi connectivity index (χ4n) is 3.44. The third-order valence-electron chi connectivity index (χ3n) is 4.88. The summed E-state index contributed by atoms with van der Waals surface area (Å²) in [6, 6.07) is 39.6. The zero-order valence-corrected chi connectivity index (χ0v) is 19.8. The van der Waals surface area contributed by atoms with Crippen LogP contribution in [0.4, 0.5) is 17.2 Å². The van der Waals surface area contributed by atoms with E-state index in [1.807, 2.05) is 103 Å². The van der Waals surface area contributed by atoms with Gasteiger partial charge in [0.2, 0.25) is 0 Å².